The molecule has 1 heterocycles. The molecule has 0 aromatic rings. The van der Waals surface area contributed by atoms with Gasteiger partial charge in [0.2, 0.25) is 0 Å². The molecule has 0 aromatic heterocycles. The van der Waals surface area contributed by atoms with E-state index in [9.17, 15) is 5.11 Å². The molecule has 0 saturated carbocycles. The molecule has 0 bridgehead atoms. The number of likely N-dealkylation sites (tertiary alicyclic amines) is 1. The molecule has 0 aliphatic carbocycles. The first kappa shape index (κ1) is 12.9. The van der Waals surface area contributed by atoms with Crippen LogP contribution in [0.5, 0.6) is 0 Å². The SMILES string of the molecule is CC1CCN(CC(C)(C)C(C)N)C1CO. The zero-order valence-corrected chi connectivity index (χ0v) is 10.5. The van der Waals surface area contributed by atoms with Gasteiger partial charge in [-0.3, -0.25) is 4.90 Å². The van der Waals surface area contributed by atoms with Gasteiger partial charge in [0, 0.05) is 18.6 Å². The quantitative estimate of drug-likeness (QED) is 0.736. The summed E-state index contributed by atoms with van der Waals surface area (Å²) in [4.78, 5) is 2.40. The van der Waals surface area contributed by atoms with E-state index in [1.54, 1.807) is 0 Å². The van der Waals surface area contributed by atoms with Crippen molar-refractivity contribution in [1.29, 1.82) is 0 Å². The van der Waals surface area contributed by atoms with Gasteiger partial charge >= 0.3 is 0 Å². The first-order valence-electron chi connectivity index (χ1n) is 5.99. The third kappa shape index (κ3) is 2.92. The summed E-state index contributed by atoms with van der Waals surface area (Å²) in [6.45, 7) is 11.1. The van der Waals surface area contributed by atoms with Gasteiger partial charge in [-0.25, -0.2) is 0 Å². The Morgan fingerprint density at radius 3 is 2.60 bits per heavy atom. The predicted octanol–water partition coefficient (Wildman–Crippen LogP) is 1.06. The van der Waals surface area contributed by atoms with E-state index in [1.807, 2.05) is 0 Å². The van der Waals surface area contributed by atoms with Gasteiger partial charge in [-0.15, -0.1) is 0 Å². The number of aliphatic hydroxyl groups excluding tert-OH is 1. The summed E-state index contributed by atoms with van der Waals surface area (Å²) < 4.78 is 0. The molecule has 0 spiro atoms. The monoisotopic (exact) mass is 214 g/mol. The van der Waals surface area contributed by atoms with E-state index < -0.39 is 0 Å². The zero-order chi connectivity index (χ0) is 11.6. The summed E-state index contributed by atoms with van der Waals surface area (Å²) in [5.41, 5.74) is 6.10. The van der Waals surface area contributed by atoms with E-state index in [4.69, 9.17) is 5.73 Å². The largest absolute Gasteiger partial charge is 0.395 e. The van der Waals surface area contributed by atoms with Gasteiger partial charge in [0.25, 0.3) is 0 Å². The number of aliphatic hydroxyl groups is 1. The first-order chi connectivity index (χ1) is 6.88. The van der Waals surface area contributed by atoms with Crippen molar-refractivity contribution < 1.29 is 5.11 Å². The van der Waals surface area contributed by atoms with Crippen LogP contribution in [0.3, 0.4) is 0 Å². The third-order valence-corrected chi connectivity index (χ3v) is 4.03. The molecular weight excluding hydrogens is 188 g/mol. The van der Waals surface area contributed by atoms with Crippen molar-refractivity contribution in [2.24, 2.45) is 17.1 Å². The van der Waals surface area contributed by atoms with Crippen LogP contribution in [0.2, 0.25) is 0 Å². The van der Waals surface area contributed by atoms with E-state index in [1.165, 1.54) is 6.42 Å². The first-order valence-corrected chi connectivity index (χ1v) is 5.99. The molecule has 0 radical (unpaired) electrons. The number of nitrogens with two attached hydrogens (primary N) is 1. The van der Waals surface area contributed by atoms with Gasteiger partial charge in [0.05, 0.1) is 6.61 Å². The maximum absolute atomic E-state index is 9.37. The molecular formula is C12H26N2O. The second-order valence-corrected chi connectivity index (χ2v) is 5.76. The van der Waals surface area contributed by atoms with Crippen LogP contribution in [0.4, 0.5) is 0 Å². The second-order valence-electron chi connectivity index (χ2n) is 5.76. The summed E-state index contributed by atoms with van der Waals surface area (Å²) in [6, 6.07) is 0.524. The maximum atomic E-state index is 9.37. The number of nitrogens with zero attached hydrogens (tertiary/aromatic N) is 1. The molecule has 3 unspecified atom stereocenters. The Bertz CT molecular complexity index is 204. The topological polar surface area (TPSA) is 49.5 Å². The van der Waals surface area contributed by atoms with Gasteiger partial charge < -0.3 is 10.8 Å². The van der Waals surface area contributed by atoms with Crippen LogP contribution in [0.1, 0.15) is 34.1 Å². The van der Waals surface area contributed by atoms with Crippen LogP contribution in [0, 0.1) is 11.3 Å². The summed E-state index contributed by atoms with van der Waals surface area (Å²) in [6.07, 6.45) is 1.19. The zero-order valence-electron chi connectivity index (χ0n) is 10.5. The summed E-state index contributed by atoms with van der Waals surface area (Å²) in [7, 11) is 0. The van der Waals surface area contributed by atoms with Crippen LogP contribution in [-0.4, -0.2) is 41.8 Å². The molecule has 1 fully saturated rings. The van der Waals surface area contributed by atoms with Gasteiger partial charge in [0.1, 0.15) is 0 Å². The Balaban J connectivity index is 2.58. The minimum absolute atomic E-state index is 0.123. The van der Waals surface area contributed by atoms with Crippen molar-refractivity contribution in [3.8, 4) is 0 Å². The average Bonchev–Trinajstić information content (AvgIpc) is 2.45. The molecule has 1 saturated heterocycles. The molecule has 15 heavy (non-hydrogen) atoms. The van der Waals surface area contributed by atoms with Gasteiger partial charge in [-0.1, -0.05) is 20.8 Å². The van der Waals surface area contributed by atoms with E-state index in [0.717, 1.165) is 13.1 Å². The minimum Gasteiger partial charge on any atom is -0.395 e. The Labute approximate surface area is 93.6 Å². The molecule has 90 valence electrons. The van der Waals surface area contributed by atoms with E-state index in [-0.39, 0.29) is 18.1 Å². The smallest absolute Gasteiger partial charge is 0.0589 e. The van der Waals surface area contributed by atoms with Gasteiger partial charge in [-0.2, -0.15) is 0 Å². The van der Waals surface area contributed by atoms with Crippen molar-refractivity contribution in [2.75, 3.05) is 19.7 Å². The Morgan fingerprint density at radius 2 is 2.13 bits per heavy atom. The molecule has 0 amide bonds. The van der Waals surface area contributed by atoms with Crippen molar-refractivity contribution in [2.45, 2.75) is 46.2 Å². The molecule has 1 rings (SSSR count). The van der Waals surface area contributed by atoms with Crippen molar-refractivity contribution in [3.63, 3.8) is 0 Å². The highest BCUT2D eigenvalue weighted by Gasteiger charge is 2.35. The highest BCUT2D eigenvalue weighted by atomic mass is 16.3. The summed E-state index contributed by atoms with van der Waals surface area (Å²) in [5, 5.41) is 9.37. The second kappa shape index (κ2) is 4.81. The van der Waals surface area contributed by atoms with E-state index in [0.29, 0.717) is 12.0 Å². The standard InChI is InChI=1S/C12H26N2O/c1-9-5-6-14(11(9)7-15)8-12(3,4)10(2)13/h9-11,15H,5-8,13H2,1-4H3. The lowest BCUT2D eigenvalue weighted by atomic mass is 9.85. The van der Waals surface area contributed by atoms with Gasteiger partial charge in [-0.05, 0) is 31.2 Å². The number of hydrogen-bond donors (Lipinski definition) is 2. The third-order valence-electron chi connectivity index (χ3n) is 4.03. The molecule has 3 heteroatoms. The molecule has 3 atom stereocenters. The molecule has 0 aromatic carbocycles. The molecule has 1 aliphatic rings. The van der Waals surface area contributed by atoms with Gasteiger partial charge in [0.15, 0.2) is 0 Å². The number of hydrogen-bond acceptors (Lipinski definition) is 3. The Kier molecular flexibility index (Phi) is 4.15. The molecule has 1 aliphatic heterocycles. The highest BCUT2D eigenvalue weighted by molar-refractivity contribution is 4.89. The van der Waals surface area contributed by atoms with Crippen LogP contribution in [-0.2, 0) is 0 Å². The Hall–Kier alpha value is -0.120. The lowest BCUT2D eigenvalue weighted by Crippen LogP contribution is -2.47. The van der Waals surface area contributed by atoms with Crippen molar-refractivity contribution >= 4 is 0 Å². The van der Waals surface area contributed by atoms with Crippen molar-refractivity contribution in [1.82, 2.24) is 4.90 Å². The highest BCUT2D eigenvalue weighted by Crippen LogP contribution is 2.29. The molecule has 3 nitrogen and oxygen atoms in total. The predicted molar refractivity (Wildman–Crippen MR) is 63.7 cm³/mol. The van der Waals surface area contributed by atoms with E-state index in [2.05, 4.69) is 32.6 Å². The van der Waals surface area contributed by atoms with Crippen LogP contribution >= 0.6 is 0 Å². The Morgan fingerprint density at radius 1 is 1.53 bits per heavy atom. The van der Waals surface area contributed by atoms with Crippen LogP contribution < -0.4 is 5.73 Å². The lowest BCUT2D eigenvalue weighted by molar-refractivity contribution is 0.0944. The fraction of sp³-hybridized carbons (Fsp3) is 1.00. The average molecular weight is 214 g/mol. The lowest BCUT2D eigenvalue weighted by Gasteiger charge is -2.36. The number of rotatable bonds is 4. The normalized spacial score (nSPS) is 30.8. The maximum Gasteiger partial charge on any atom is 0.0589 e. The van der Waals surface area contributed by atoms with Crippen LogP contribution in [0.15, 0.2) is 0 Å². The minimum atomic E-state index is 0.123. The fourth-order valence-corrected chi connectivity index (χ4v) is 2.25. The summed E-state index contributed by atoms with van der Waals surface area (Å²) in [5.74, 6) is 0.610. The van der Waals surface area contributed by atoms with Crippen molar-refractivity contribution in [3.05, 3.63) is 0 Å². The summed E-state index contributed by atoms with van der Waals surface area (Å²) >= 11 is 0. The van der Waals surface area contributed by atoms with E-state index >= 15 is 0 Å². The molecule has 3 N–H and O–H groups in total. The fourth-order valence-electron chi connectivity index (χ4n) is 2.25. The van der Waals surface area contributed by atoms with Crippen LogP contribution in [0.25, 0.3) is 0 Å².